The SMILES string of the molecule is CC(=O)[C@]1(O)Cc2c(O)c3c(c(O)c2[C@@H](O[C@H]2C[C@H](NC(=O)[C@H](CC(C)C)NC(=O)[C@H](C)N)[C@H](O)[C@H](C)O2)C1)C(=O)c1c(O)cccc1C3=O. The number of fused-ring (bicyclic) bond motifs is 3. The molecule has 2 aromatic rings. The summed E-state index contributed by atoms with van der Waals surface area (Å²) in [5, 5.41) is 61.4. The number of phenolic OH excluding ortho intramolecular Hbond substituents is 3. The van der Waals surface area contributed by atoms with E-state index in [1.807, 2.05) is 13.8 Å². The third kappa shape index (κ3) is 6.58. The van der Waals surface area contributed by atoms with E-state index in [9.17, 15) is 49.5 Å². The van der Waals surface area contributed by atoms with Crippen LogP contribution in [0.1, 0.15) is 103 Å². The number of nitrogens with one attached hydrogen (secondary N) is 2. The molecule has 270 valence electrons. The Bertz CT molecular complexity index is 1760. The van der Waals surface area contributed by atoms with Gasteiger partial charge in [-0.3, -0.25) is 24.0 Å². The van der Waals surface area contributed by atoms with Crippen molar-refractivity contribution in [3.8, 4) is 17.2 Å². The van der Waals surface area contributed by atoms with Gasteiger partial charge >= 0.3 is 0 Å². The molecule has 50 heavy (non-hydrogen) atoms. The Morgan fingerprint density at radius 1 is 1.04 bits per heavy atom. The quantitative estimate of drug-likeness (QED) is 0.144. The van der Waals surface area contributed by atoms with Gasteiger partial charge in [-0.15, -0.1) is 0 Å². The van der Waals surface area contributed by atoms with Crippen molar-refractivity contribution in [2.45, 2.75) is 109 Å². The smallest absolute Gasteiger partial charge is 0.242 e. The largest absolute Gasteiger partial charge is 0.507 e. The number of carbonyl (C=O) groups excluding carboxylic acids is 5. The number of ketones is 3. The Balaban J connectivity index is 1.50. The minimum atomic E-state index is -2.14. The lowest BCUT2D eigenvalue weighted by Crippen LogP contribution is -2.59. The van der Waals surface area contributed by atoms with E-state index in [2.05, 4.69) is 10.6 Å². The number of hydrogen-bond acceptors (Lipinski definition) is 13. The maximum Gasteiger partial charge on any atom is 0.242 e. The lowest BCUT2D eigenvalue weighted by Gasteiger charge is -2.43. The Labute approximate surface area is 287 Å². The zero-order valence-electron chi connectivity index (χ0n) is 28.4. The molecule has 9 N–H and O–H groups in total. The minimum Gasteiger partial charge on any atom is -0.507 e. The summed E-state index contributed by atoms with van der Waals surface area (Å²) in [5.41, 5.74) is 1.48. The van der Waals surface area contributed by atoms with E-state index in [0.717, 1.165) is 6.92 Å². The lowest BCUT2D eigenvalue weighted by atomic mass is 9.72. The zero-order chi connectivity index (χ0) is 37.0. The number of rotatable bonds is 9. The molecule has 15 nitrogen and oxygen atoms in total. The van der Waals surface area contributed by atoms with Crippen LogP contribution in [0.3, 0.4) is 0 Å². The van der Waals surface area contributed by atoms with Crippen molar-refractivity contribution in [2.24, 2.45) is 11.7 Å². The van der Waals surface area contributed by atoms with Crippen LogP contribution in [-0.2, 0) is 30.3 Å². The number of nitrogens with two attached hydrogens (primary N) is 1. The Kier molecular flexibility index (Phi) is 10.1. The number of ether oxygens (including phenoxy) is 2. The summed E-state index contributed by atoms with van der Waals surface area (Å²) in [6.07, 6.45) is -5.70. The van der Waals surface area contributed by atoms with Gasteiger partial charge in [-0.1, -0.05) is 26.0 Å². The van der Waals surface area contributed by atoms with Crippen molar-refractivity contribution >= 4 is 29.2 Å². The summed E-state index contributed by atoms with van der Waals surface area (Å²) in [6, 6.07) is 1.02. The van der Waals surface area contributed by atoms with Gasteiger partial charge in [0.25, 0.3) is 0 Å². The molecule has 0 spiro atoms. The monoisotopic (exact) mass is 697 g/mol. The van der Waals surface area contributed by atoms with Crippen LogP contribution in [0.2, 0.25) is 0 Å². The average Bonchev–Trinajstić information content (AvgIpc) is 3.02. The number of carbonyl (C=O) groups is 5. The van der Waals surface area contributed by atoms with Gasteiger partial charge in [0, 0.05) is 36.0 Å². The maximum absolute atomic E-state index is 13.7. The van der Waals surface area contributed by atoms with Gasteiger partial charge in [-0.2, -0.15) is 0 Å². The molecule has 2 aromatic carbocycles. The molecule has 8 atom stereocenters. The van der Waals surface area contributed by atoms with Gasteiger partial charge in [0.2, 0.25) is 17.6 Å². The van der Waals surface area contributed by atoms with Crippen LogP contribution in [0, 0.1) is 5.92 Å². The standard InChI is InChI=1S/C35H43N3O12/c1-13(2)9-20(38-33(46)14(3)36)34(47)37-19-10-23(49-15(4)28(19)41)50-22-12-35(48,16(5)39)11-18-25(22)32(45)27-26(30(18)43)29(42)17-7-6-8-21(40)24(17)31(27)44/h6-8,13-15,19-20,22-23,28,40-41,43,45,48H,9-12,36H2,1-5H3,(H,37,47)(H,38,46)/t14-,15-,19-,20-,22-,23-,28+,35-/m0/s1. The highest BCUT2D eigenvalue weighted by Gasteiger charge is 2.49. The normalized spacial score (nSPS) is 27.1. The fourth-order valence-corrected chi connectivity index (χ4v) is 6.90. The van der Waals surface area contributed by atoms with E-state index in [-0.39, 0.29) is 41.0 Å². The number of aliphatic hydroxyl groups is 2. The molecule has 1 aliphatic heterocycles. The topological polar surface area (TPSA) is 255 Å². The van der Waals surface area contributed by atoms with E-state index >= 15 is 0 Å². The number of hydrogen-bond donors (Lipinski definition) is 8. The third-order valence-corrected chi connectivity index (χ3v) is 9.63. The molecule has 0 aromatic heterocycles. The van der Waals surface area contributed by atoms with Crippen LogP contribution in [0.4, 0.5) is 0 Å². The molecule has 15 heteroatoms. The third-order valence-electron chi connectivity index (χ3n) is 9.63. The second-order valence-electron chi connectivity index (χ2n) is 13.9. The van der Waals surface area contributed by atoms with Gasteiger partial charge in [0.05, 0.1) is 41.0 Å². The fraction of sp³-hybridized carbons (Fsp3) is 0.514. The molecule has 2 aliphatic carbocycles. The van der Waals surface area contributed by atoms with Gasteiger partial charge in [0.15, 0.2) is 17.9 Å². The first-order chi connectivity index (χ1) is 23.4. The van der Waals surface area contributed by atoms with Crippen molar-refractivity contribution in [1.82, 2.24) is 10.6 Å². The van der Waals surface area contributed by atoms with Crippen molar-refractivity contribution in [3.63, 3.8) is 0 Å². The van der Waals surface area contributed by atoms with E-state index in [4.69, 9.17) is 15.2 Å². The summed E-state index contributed by atoms with van der Waals surface area (Å²) in [7, 11) is 0. The van der Waals surface area contributed by atoms with E-state index in [1.165, 1.54) is 32.0 Å². The summed E-state index contributed by atoms with van der Waals surface area (Å²) < 4.78 is 12.1. The molecular weight excluding hydrogens is 654 g/mol. The first kappa shape index (κ1) is 36.9. The van der Waals surface area contributed by atoms with Crippen LogP contribution in [0.25, 0.3) is 0 Å². The minimum absolute atomic E-state index is 0.00889. The Morgan fingerprint density at radius 3 is 2.32 bits per heavy atom. The highest BCUT2D eigenvalue weighted by Crippen LogP contribution is 2.52. The summed E-state index contributed by atoms with van der Waals surface area (Å²) in [6.45, 7) is 7.87. The second kappa shape index (κ2) is 13.7. The number of benzene rings is 2. The van der Waals surface area contributed by atoms with Crippen molar-refractivity contribution in [1.29, 1.82) is 0 Å². The lowest BCUT2D eigenvalue weighted by molar-refractivity contribution is -0.249. The number of phenols is 3. The molecule has 0 bridgehead atoms. The first-order valence-electron chi connectivity index (χ1n) is 16.5. The van der Waals surface area contributed by atoms with Crippen molar-refractivity contribution in [2.75, 3.05) is 0 Å². The molecule has 1 heterocycles. The van der Waals surface area contributed by atoms with Crippen LogP contribution < -0.4 is 16.4 Å². The molecule has 5 rings (SSSR count). The number of aromatic hydroxyl groups is 3. The van der Waals surface area contributed by atoms with Gasteiger partial charge in [-0.05, 0) is 39.2 Å². The van der Waals surface area contributed by atoms with E-state index in [0.29, 0.717) is 0 Å². The molecule has 0 unspecified atom stereocenters. The summed E-state index contributed by atoms with van der Waals surface area (Å²) in [5.74, 6) is -5.60. The molecule has 2 amide bonds. The van der Waals surface area contributed by atoms with Crippen molar-refractivity contribution in [3.05, 3.63) is 51.6 Å². The molecule has 0 saturated carbocycles. The van der Waals surface area contributed by atoms with E-state index in [1.54, 1.807) is 0 Å². The first-order valence-corrected chi connectivity index (χ1v) is 16.5. The molecule has 0 radical (unpaired) electrons. The fourth-order valence-electron chi connectivity index (χ4n) is 6.90. The predicted molar refractivity (Wildman–Crippen MR) is 174 cm³/mol. The van der Waals surface area contributed by atoms with Gasteiger partial charge in [0.1, 0.15) is 35.0 Å². The number of aliphatic hydroxyl groups excluding tert-OH is 1. The second-order valence-corrected chi connectivity index (χ2v) is 13.9. The van der Waals surface area contributed by atoms with Crippen LogP contribution in [0.15, 0.2) is 18.2 Å². The summed E-state index contributed by atoms with van der Waals surface area (Å²) >= 11 is 0. The van der Waals surface area contributed by atoms with Crippen LogP contribution in [0.5, 0.6) is 17.2 Å². The van der Waals surface area contributed by atoms with Gasteiger partial charge < -0.3 is 51.4 Å². The molecular formula is C35H43N3O12. The van der Waals surface area contributed by atoms with Gasteiger partial charge in [-0.25, -0.2) is 0 Å². The predicted octanol–water partition coefficient (Wildman–Crippen LogP) is 0.762. The Hall–Kier alpha value is -4.41. The van der Waals surface area contributed by atoms with Crippen LogP contribution in [-0.4, -0.2) is 96.9 Å². The Morgan fingerprint density at radius 2 is 1.70 bits per heavy atom. The highest BCUT2D eigenvalue weighted by molar-refractivity contribution is 6.31. The average molecular weight is 698 g/mol. The summed E-state index contributed by atoms with van der Waals surface area (Å²) in [4.78, 5) is 65.7. The number of Topliss-reactive ketones (excluding diaryl/α,β-unsaturated/α-hetero) is 1. The molecule has 3 aliphatic rings. The molecule has 1 saturated heterocycles. The van der Waals surface area contributed by atoms with Crippen molar-refractivity contribution < 1.29 is 59.0 Å². The zero-order valence-corrected chi connectivity index (χ0v) is 28.4. The van der Waals surface area contributed by atoms with E-state index < -0.39 is 119 Å². The molecule has 1 fully saturated rings. The van der Waals surface area contributed by atoms with Crippen LogP contribution >= 0.6 is 0 Å². The highest BCUT2D eigenvalue weighted by atomic mass is 16.7. The number of amides is 2. The maximum atomic E-state index is 13.7.